The minimum absolute atomic E-state index is 0.140. The molecule has 2 aromatic rings. The lowest BCUT2D eigenvalue weighted by molar-refractivity contribution is -0.139. The van der Waals surface area contributed by atoms with E-state index in [0.29, 0.717) is 31.9 Å². The summed E-state index contributed by atoms with van der Waals surface area (Å²) in [5.74, 6) is -0.749. The van der Waals surface area contributed by atoms with Crippen LogP contribution in [0.1, 0.15) is 5.56 Å². The number of imidazole rings is 1. The molecule has 0 N–H and O–H groups in total. The number of benzene rings is 1. The summed E-state index contributed by atoms with van der Waals surface area (Å²) in [5, 5.41) is -0.462. The molecule has 1 aromatic heterocycles. The molecule has 2 aliphatic rings. The minimum atomic E-state index is -0.483. The number of nitrogens with zero attached hydrogens (tertiary/aromatic N) is 4. The number of morpholine rings is 1. The Morgan fingerprint density at radius 1 is 1.10 bits per heavy atom. The molecule has 29 heavy (non-hydrogen) atoms. The first-order valence-electron chi connectivity index (χ1n) is 9.13. The first kappa shape index (κ1) is 19.5. The molecule has 0 atom stereocenters. The van der Waals surface area contributed by atoms with Gasteiger partial charge < -0.3 is 9.64 Å². The van der Waals surface area contributed by atoms with Crippen molar-refractivity contribution in [3.05, 3.63) is 39.2 Å². The van der Waals surface area contributed by atoms with Crippen LogP contribution in [-0.4, -0.2) is 68.8 Å². The highest BCUT2D eigenvalue weighted by Crippen LogP contribution is 2.32. The molecule has 9 nitrogen and oxygen atoms in total. The molecule has 0 aliphatic carbocycles. The van der Waals surface area contributed by atoms with Crippen molar-refractivity contribution in [3.63, 3.8) is 0 Å². The second-order valence-electron chi connectivity index (χ2n) is 6.91. The molecular weight excluding hydrogens is 396 g/mol. The summed E-state index contributed by atoms with van der Waals surface area (Å²) < 4.78 is 8.29. The first-order chi connectivity index (χ1) is 13.9. The van der Waals surface area contributed by atoms with E-state index in [-0.39, 0.29) is 23.0 Å². The van der Waals surface area contributed by atoms with Gasteiger partial charge in [0.05, 0.1) is 29.2 Å². The molecule has 0 unspecified atom stereocenters. The number of ether oxygens (including phenoxy) is 1. The van der Waals surface area contributed by atoms with Crippen molar-refractivity contribution in [2.75, 3.05) is 32.8 Å². The predicted octanol–water partition coefficient (Wildman–Crippen LogP) is 0.772. The second-order valence-corrected chi connectivity index (χ2v) is 7.90. The Morgan fingerprint density at radius 2 is 1.79 bits per heavy atom. The van der Waals surface area contributed by atoms with Crippen LogP contribution in [0.4, 0.5) is 4.79 Å². The second kappa shape index (κ2) is 7.53. The molecular formula is C19H20N4O5S. The van der Waals surface area contributed by atoms with Crippen molar-refractivity contribution in [1.82, 2.24) is 18.9 Å². The maximum atomic E-state index is 12.7. The van der Waals surface area contributed by atoms with Crippen molar-refractivity contribution in [3.8, 4) is 0 Å². The van der Waals surface area contributed by atoms with Gasteiger partial charge in [0.25, 0.3) is 11.1 Å². The van der Waals surface area contributed by atoms with Crippen LogP contribution >= 0.6 is 11.8 Å². The molecule has 4 rings (SSSR count). The van der Waals surface area contributed by atoms with Gasteiger partial charge in [-0.25, -0.2) is 4.79 Å². The van der Waals surface area contributed by atoms with E-state index in [1.807, 2.05) is 0 Å². The molecule has 0 spiro atoms. The highest BCUT2D eigenvalue weighted by molar-refractivity contribution is 8.18. The van der Waals surface area contributed by atoms with Gasteiger partial charge in [-0.3, -0.25) is 28.4 Å². The third kappa shape index (κ3) is 3.49. The number of rotatable bonds is 3. The van der Waals surface area contributed by atoms with Gasteiger partial charge in [-0.1, -0.05) is 6.07 Å². The number of carbonyl (C=O) groups is 3. The predicted molar refractivity (Wildman–Crippen MR) is 108 cm³/mol. The SMILES string of the molecule is Cn1c(=O)n(C)c2cc(/C=C3/SC(=O)N(CC(=O)N4CCOCC4)C3=O)ccc21. The number of imide groups is 1. The molecule has 2 fully saturated rings. The van der Waals surface area contributed by atoms with Gasteiger partial charge in [0.1, 0.15) is 6.54 Å². The Bertz CT molecular complexity index is 1110. The molecule has 3 heterocycles. The van der Waals surface area contributed by atoms with E-state index in [1.165, 1.54) is 4.57 Å². The van der Waals surface area contributed by atoms with Crippen LogP contribution in [-0.2, 0) is 28.4 Å². The molecule has 3 amide bonds. The third-order valence-electron chi connectivity index (χ3n) is 5.12. The van der Waals surface area contributed by atoms with Crippen LogP contribution in [0.5, 0.6) is 0 Å². The van der Waals surface area contributed by atoms with E-state index in [9.17, 15) is 19.2 Å². The zero-order valence-corrected chi connectivity index (χ0v) is 16.9. The maximum Gasteiger partial charge on any atom is 0.328 e. The lowest BCUT2D eigenvalue weighted by Crippen LogP contribution is -2.46. The van der Waals surface area contributed by atoms with Crippen LogP contribution in [0.25, 0.3) is 17.1 Å². The standard InChI is InChI=1S/C19H20N4O5S/c1-20-13-4-3-12(9-14(13)21(2)18(20)26)10-15-17(25)23(19(27)29-15)11-16(24)22-5-7-28-8-6-22/h3-4,9-10H,5-8,11H2,1-2H3/b15-10+. The molecule has 2 saturated heterocycles. The van der Waals surface area contributed by atoms with Crippen LogP contribution < -0.4 is 5.69 Å². The van der Waals surface area contributed by atoms with Crippen LogP contribution in [0.15, 0.2) is 27.9 Å². The lowest BCUT2D eigenvalue weighted by Gasteiger charge is -2.28. The van der Waals surface area contributed by atoms with E-state index >= 15 is 0 Å². The van der Waals surface area contributed by atoms with Crippen molar-refractivity contribution >= 4 is 45.9 Å². The normalized spacial score (nSPS) is 19.0. The van der Waals surface area contributed by atoms with Gasteiger partial charge >= 0.3 is 5.69 Å². The number of amides is 3. The summed E-state index contributed by atoms with van der Waals surface area (Å²) in [6, 6.07) is 5.38. The van der Waals surface area contributed by atoms with Crippen molar-refractivity contribution in [1.29, 1.82) is 0 Å². The Hall–Kier alpha value is -2.85. The number of aryl methyl sites for hydroxylation is 2. The Balaban J connectivity index is 1.56. The number of aromatic nitrogens is 2. The van der Waals surface area contributed by atoms with Gasteiger partial charge in [0, 0.05) is 27.2 Å². The lowest BCUT2D eigenvalue weighted by atomic mass is 10.2. The molecule has 0 bridgehead atoms. The topological polar surface area (TPSA) is 93.8 Å². The number of fused-ring (bicyclic) bond motifs is 1. The fourth-order valence-corrected chi connectivity index (χ4v) is 4.29. The third-order valence-corrected chi connectivity index (χ3v) is 6.03. The number of hydrogen-bond donors (Lipinski definition) is 0. The fourth-order valence-electron chi connectivity index (χ4n) is 3.45. The number of carbonyl (C=O) groups excluding carboxylic acids is 3. The van der Waals surface area contributed by atoms with Gasteiger partial charge in [0.15, 0.2) is 0 Å². The van der Waals surface area contributed by atoms with E-state index in [2.05, 4.69) is 0 Å². The molecule has 0 saturated carbocycles. The van der Waals surface area contributed by atoms with Gasteiger partial charge in [-0.15, -0.1) is 0 Å². The van der Waals surface area contributed by atoms with Crippen molar-refractivity contribution in [2.45, 2.75) is 0 Å². The summed E-state index contributed by atoms with van der Waals surface area (Å²) in [4.78, 5) is 52.3. The maximum absolute atomic E-state index is 12.7. The molecule has 10 heteroatoms. The highest BCUT2D eigenvalue weighted by atomic mass is 32.2. The zero-order chi connectivity index (χ0) is 20.7. The van der Waals surface area contributed by atoms with Crippen molar-refractivity contribution in [2.24, 2.45) is 14.1 Å². The van der Waals surface area contributed by atoms with E-state index in [4.69, 9.17) is 4.74 Å². The summed E-state index contributed by atoms with van der Waals surface area (Å²) in [6.45, 7) is 1.56. The largest absolute Gasteiger partial charge is 0.378 e. The molecule has 0 radical (unpaired) electrons. The minimum Gasteiger partial charge on any atom is -0.378 e. The highest BCUT2D eigenvalue weighted by Gasteiger charge is 2.37. The average molecular weight is 416 g/mol. The number of hydrogen-bond acceptors (Lipinski definition) is 6. The van der Waals surface area contributed by atoms with Crippen molar-refractivity contribution < 1.29 is 19.1 Å². The average Bonchev–Trinajstić information content (AvgIpc) is 3.11. The van der Waals surface area contributed by atoms with Crippen LogP contribution in [0.2, 0.25) is 0 Å². The van der Waals surface area contributed by atoms with E-state index in [1.54, 1.807) is 47.8 Å². The first-order valence-corrected chi connectivity index (χ1v) is 9.95. The summed E-state index contributed by atoms with van der Waals surface area (Å²) in [6.07, 6.45) is 1.61. The van der Waals surface area contributed by atoms with Crippen LogP contribution in [0.3, 0.4) is 0 Å². The summed E-state index contributed by atoms with van der Waals surface area (Å²) >= 11 is 0.813. The van der Waals surface area contributed by atoms with Crippen LogP contribution in [0, 0.1) is 0 Å². The van der Waals surface area contributed by atoms with Gasteiger partial charge in [-0.05, 0) is 35.5 Å². The Morgan fingerprint density at radius 3 is 2.52 bits per heavy atom. The summed E-state index contributed by atoms with van der Waals surface area (Å²) in [7, 11) is 3.38. The van der Waals surface area contributed by atoms with Gasteiger partial charge in [0.2, 0.25) is 5.91 Å². The smallest absolute Gasteiger partial charge is 0.328 e. The molecule has 2 aliphatic heterocycles. The molecule has 152 valence electrons. The van der Waals surface area contributed by atoms with E-state index < -0.39 is 11.1 Å². The van der Waals surface area contributed by atoms with Gasteiger partial charge in [-0.2, -0.15) is 0 Å². The van der Waals surface area contributed by atoms with E-state index in [0.717, 1.165) is 27.7 Å². The number of thioether (sulfide) groups is 1. The quantitative estimate of drug-likeness (QED) is 0.687. The Kier molecular flexibility index (Phi) is 5.05. The summed E-state index contributed by atoms with van der Waals surface area (Å²) in [5.41, 5.74) is 2.06. The molecule has 1 aromatic carbocycles. The fraction of sp³-hybridized carbons (Fsp3) is 0.368. The zero-order valence-electron chi connectivity index (χ0n) is 16.1. The monoisotopic (exact) mass is 416 g/mol. The Labute approximate surface area is 170 Å².